The highest BCUT2D eigenvalue weighted by Gasteiger charge is 2.55. The molecule has 0 radical (unpaired) electrons. The first-order chi connectivity index (χ1) is 13.2. The average molecular weight is 409 g/mol. The summed E-state index contributed by atoms with van der Waals surface area (Å²) in [7, 11) is 0.473. The number of carbonyl (C=O) groups is 1. The summed E-state index contributed by atoms with van der Waals surface area (Å²) in [6, 6.07) is 0. The van der Waals surface area contributed by atoms with Gasteiger partial charge in [0.25, 0.3) is 0 Å². The first-order valence-electron chi connectivity index (χ1n) is 10.5. The minimum Gasteiger partial charge on any atom is -0.341 e. The Labute approximate surface area is 168 Å². The fraction of sp³-hybridized carbons (Fsp3) is 0.800. The normalized spacial score (nSPS) is 25.3. The smallest absolute Gasteiger partial charge is 0.227 e. The molecule has 2 saturated carbocycles. The molecule has 7 nitrogen and oxygen atoms in total. The molecule has 0 N–H and O–H groups in total. The van der Waals surface area contributed by atoms with E-state index in [0.29, 0.717) is 19.6 Å². The molecule has 2 aliphatic carbocycles. The number of amides is 1. The molecule has 0 aromatic carbocycles. The van der Waals surface area contributed by atoms with Crippen molar-refractivity contribution in [2.45, 2.75) is 63.7 Å². The summed E-state index contributed by atoms with van der Waals surface area (Å²) in [5.41, 5.74) is 1.78. The quantitative estimate of drug-likeness (QED) is 0.747. The summed E-state index contributed by atoms with van der Waals surface area (Å²) in [5.74, 6) is -0.151. The van der Waals surface area contributed by atoms with Crippen molar-refractivity contribution in [3.8, 4) is 0 Å². The molecule has 1 unspecified atom stereocenters. The van der Waals surface area contributed by atoms with E-state index >= 15 is 0 Å². The van der Waals surface area contributed by atoms with E-state index < -0.39 is 10.0 Å². The summed E-state index contributed by atoms with van der Waals surface area (Å²) in [5, 5.41) is 4.16. The van der Waals surface area contributed by atoms with Crippen LogP contribution in [0.25, 0.3) is 0 Å². The molecule has 1 aliphatic heterocycles. The molecule has 156 valence electrons. The zero-order valence-electron chi connectivity index (χ0n) is 17.2. The molecule has 1 amide bonds. The highest BCUT2D eigenvalue weighted by molar-refractivity contribution is 7.90. The first kappa shape index (κ1) is 19.9. The Morgan fingerprint density at radius 2 is 1.96 bits per heavy atom. The fourth-order valence-electron chi connectivity index (χ4n) is 5.20. The minimum absolute atomic E-state index is 0.0821. The van der Waals surface area contributed by atoms with Gasteiger partial charge in [0.2, 0.25) is 15.9 Å². The van der Waals surface area contributed by atoms with Crippen molar-refractivity contribution in [2.24, 2.45) is 18.4 Å². The van der Waals surface area contributed by atoms with Crippen LogP contribution in [0.2, 0.25) is 0 Å². The van der Waals surface area contributed by atoms with Crippen LogP contribution < -0.4 is 0 Å². The monoisotopic (exact) mass is 408 g/mol. The summed E-state index contributed by atoms with van der Waals surface area (Å²) in [6.07, 6.45) is 8.77. The van der Waals surface area contributed by atoms with Crippen LogP contribution in [0.1, 0.15) is 56.2 Å². The molecule has 0 bridgehead atoms. The Bertz CT molecular complexity index is 853. The maximum Gasteiger partial charge on any atom is 0.227 e. The standard InChI is InChI=1S/C20H32N4O3S/c1-15-16(12-23(3)21-15)11-22(2)19(25)18-13-24(28(26,27)17-7-8-17)14-20(18)9-5-4-6-10-20/h12,17-18H,4-11,13-14H2,1-3H3. The van der Waals surface area contributed by atoms with Gasteiger partial charge in [0.1, 0.15) is 0 Å². The second-order valence-electron chi connectivity index (χ2n) is 9.12. The fourth-order valence-corrected chi connectivity index (χ4v) is 7.15. The van der Waals surface area contributed by atoms with E-state index in [0.717, 1.165) is 49.8 Å². The first-order valence-corrected chi connectivity index (χ1v) is 12.0. The Balaban J connectivity index is 1.56. The van der Waals surface area contributed by atoms with Crippen LogP contribution in [0.3, 0.4) is 0 Å². The van der Waals surface area contributed by atoms with Crippen LogP contribution in [0, 0.1) is 18.3 Å². The van der Waals surface area contributed by atoms with Gasteiger partial charge in [-0.25, -0.2) is 12.7 Å². The highest BCUT2D eigenvalue weighted by Crippen LogP contribution is 2.50. The number of rotatable bonds is 5. The van der Waals surface area contributed by atoms with Gasteiger partial charge >= 0.3 is 0 Å². The lowest BCUT2D eigenvalue weighted by molar-refractivity contribution is -0.138. The van der Waals surface area contributed by atoms with E-state index in [1.54, 1.807) is 13.9 Å². The molecule has 1 spiro atoms. The van der Waals surface area contributed by atoms with E-state index in [1.807, 2.05) is 27.2 Å². The summed E-state index contributed by atoms with van der Waals surface area (Å²) < 4.78 is 29.2. The summed E-state index contributed by atoms with van der Waals surface area (Å²) in [6.45, 7) is 3.35. The number of nitrogens with zero attached hydrogens (tertiary/aromatic N) is 4. The van der Waals surface area contributed by atoms with Gasteiger partial charge in [-0.05, 0) is 38.0 Å². The van der Waals surface area contributed by atoms with Crippen molar-refractivity contribution in [1.82, 2.24) is 19.0 Å². The molecule has 3 aliphatic rings. The molecule has 1 aromatic rings. The van der Waals surface area contributed by atoms with Gasteiger partial charge in [-0.15, -0.1) is 0 Å². The lowest BCUT2D eigenvalue weighted by Crippen LogP contribution is -2.43. The predicted molar refractivity (Wildman–Crippen MR) is 107 cm³/mol. The summed E-state index contributed by atoms with van der Waals surface area (Å²) >= 11 is 0. The van der Waals surface area contributed by atoms with Crippen LogP contribution in [0.5, 0.6) is 0 Å². The zero-order chi connectivity index (χ0) is 20.1. The lowest BCUT2D eigenvalue weighted by atomic mass is 9.67. The maximum atomic E-state index is 13.5. The predicted octanol–water partition coefficient (Wildman–Crippen LogP) is 2.06. The number of hydrogen-bond acceptors (Lipinski definition) is 4. The molecule has 4 rings (SSSR count). The Hall–Kier alpha value is -1.41. The molecule has 3 fully saturated rings. The summed E-state index contributed by atoms with van der Waals surface area (Å²) in [4.78, 5) is 15.3. The Morgan fingerprint density at radius 1 is 1.29 bits per heavy atom. The number of aryl methyl sites for hydroxylation is 2. The van der Waals surface area contributed by atoms with E-state index in [2.05, 4.69) is 5.10 Å². The number of carbonyl (C=O) groups excluding carboxylic acids is 1. The Kier molecular flexibility index (Phi) is 5.06. The van der Waals surface area contributed by atoms with Crippen LogP contribution in [0.15, 0.2) is 6.20 Å². The number of sulfonamides is 1. The number of hydrogen-bond donors (Lipinski definition) is 0. The van der Waals surface area contributed by atoms with Gasteiger partial charge in [-0.3, -0.25) is 9.48 Å². The molecule has 1 aromatic heterocycles. The van der Waals surface area contributed by atoms with Crippen LogP contribution in [0.4, 0.5) is 0 Å². The second-order valence-corrected chi connectivity index (χ2v) is 11.3. The van der Waals surface area contributed by atoms with Crippen molar-refractivity contribution in [3.63, 3.8) is 0 Å². The third-order valence-corrected chi connectivity index (χ3v) is 9.28. The van der Waals surface area contributed by atoms with E-state index in [1.165, 1.54) is 6.42 Å². The van der Waals surface area contributed by atoms with Gasteiger partial charge in [-0.2, -0.15) is 5.10 Å². The minimum atomic E-state index is -3.25. The van der Waals surface area contributed by atoms with Gasteiger partial charge in [0.15, 0.2) is 0 Å². The van der Waals surface area contributed by atoms with Crippen LogP contribution in [-0.2, 0) is 28.4 Å². The SMILES string of the molecule is Cc1nn(C)cc1CN(C)C(=O)C1CN(S(=O)(=O)C2CC2)CC12CCCCC2. The van der Waals surface area contributed by atoms with Crippen molar-refractivity contribution >= 4 is 15.9 Å². The van der Waals surface area contributed by atoms with E-state index in [4.69, 9.17) is 0 Å². The van der Waals surface area contributed by atoms with Gasteiger partial charge in [0.05, 0.1) is 16.9 Å². The molecular weight excluding hydrogens is 376 g/mol. The average Bonchev–Trinajstić information content (AvgIpc) is 3.39. The number of aromatic nitrogens is 2. The van der Waals surface area contributed by atoms with E-state index in [9.17, 15) is 13.2 Å². The second kappa shape index (κ2) is 7.13. The molecule has 2 heterocycles. The van der Waals surface area contributed by atoms with Crippen molar-refractivity contribution in [2.75, 3.05) is 20.1 Å². The lowest BCUT2D eigenvalue weighted by Gasteiger charge is -2.38. The highest BCUT2D eigenvalue weighted by atomic mass is 32.2. The van der Waals surface area contributed by atoms with Crippen LogP contribution in [-0.4, -0.2) is 58.7 Å². The van der Waals surface area contributed by atoms with Gasteiger partial charge in [0, 0.05) is 45.5 Å². The molecular formula is C20H32N4O3S. The van der Waals surface area contributed by atoms with Crippen molar-refractivity contribution in [3.05, 3.63) is 17.5 Å². The molecule has 1 saturated heterocycles. The third kappa shape index (κ3) is 3.49. The van der Waals surface area contributed by atoms with Gasteiger partial charge < -0.3 is 4.90 Å². The van der Waals surface area contributed by atoms with Gasteiger partial charge in [-0.1, -0.05) is 19.3 Å². The molecule has 28 heavy (non-hydrogen) atoms. The van der Waals surface area contributed by atoms with Crippen molar-refractivity contribution in [1.29, 1.82) is 0 Å². The molecule has 1 atom stereocenters. The topological polar surface area (TPSA) is 75.5 Å². The Morgan fingerprint density at radius 3 is 2.54 bits per heavy atom. The van der Waals surface area contributed by atoms with Crippen LogP contribution >= 0.6 is 0 Å². The largest absolute Gasteiger partial charge is 0.341 e. The van der Waals surface area contributed by atoms with Crippen molar-refractivity contribution < 1.29 is 13.2 Å². The van der Waals surface area contributed by atoms with E-state index in [-0.39, 0.29) is 22.5 Å². The zero-order valence-corrected chi connectivity index (χ0v) is 18.0. The maximum absolute atomic E-state index is 13.5. The molecule has 8 heteroatoms. The third-order valence-electron chi connectivity index (χ3n) is 6.97.